The number of aromatic nitrogens is 1. The predicted molar refractivity (Wildman–Crippen MR) is 83.3 cm³/mol. The first-order chi connectivity index (χ1) is 11.6. The normalized spacial score (nSPS) is 27.3. The molecule has 0 spiro atoms. The highest BCUT2D eigenvalue weighted by Crippen LogP contribution is 2.48. The summed E-state index contributed by atoms with van der Waals surface area (Å²) in [7, 11) is 0. The van der Waals surface area contributed by atoms with Crippen LogP contribution in [0.1, 0.15) is 6.42 Å². The molecule has 0 radical (unpaired) electrons. The number of fused-ring (bicyclic) bond motifs is 2. The number of oxazole rings is 1. The molecule has 1 fully saturated rings. The summed E-state index contributed by atoms with van der Waals surface area (Å²) in [5.41, 5.74) is 1.47. The number of nitrogens with zero attached hydrogens (tertiary/aromatic N) is 1. The van der Waals surface area contributed by atoms with Gasteiger partial charge < -0.3 is 19.6 Å². The molecule has 2 aromatic rings. The van der Waals surface area contributed by atoms with Gasteiger partial charge in [-0.05, 0) is 42.5 Å². The highest BCUT2D eigenvalue weighted by molar-refractivity contribution is 5.96. The Hall–Kier alpha value is -2.89. The van der Waals surface area contributed by atoms with Crippen molar-refractivity contribution in [3.8, 4) is 11.3 Å². The molecule has 2 aliphatic carbocycles. The maximum Gasteiger partial charge on any atom is 0.228 e. The van der Waals surface area contributed by atoms with Gasteiger partial charge in [0.15, 0.2) is 12.2 Å². The smallest absolute Gasteiger partial charge is 0.228 e. The van der Waals surface area contributed by atoms with Crippen LogP contribution in [0.2, 0.25) is 0 Å². The van der Waals surface area contributed by atoms with E-state index in [0.29, 0.717) is 17.9 Å². The number of rotatable bonds is 4. The van der Waals surface area contributed by atoms with Crippen molar-refractivity contribution >= 4 is 17.6 Å². The van der Waals surface area contributed by atoms with Crippen LogP contribution in [0, 0.1) is 23.7 Å². The van der Waals surface area contributed by atoms with E-state index in [0.717, 1.165) is 5.56 Å². The number of hydrogen-bond donors (Lipinski definition) is 1. The fourth-order valence-electron chi connectivity index (χ4n) is 3.80. The van der Waals surface area contributed by atoms with E-state index in [1.54, 1.807) is 18.3 Å². The molecule has 4 rings (SSSR count). The van der Waals surface area contributed by atoms with Crippen molar-refractivity contribution in [1.29, 1.82) is 0 Å². The monoisotopic (exact) mass is 323 g/mol. The third-order valence-electron chi connectivity index (χ3n) is 4.90. The second-order valence-corrected chi connectivity index (χ2v) is 6.25. The standard InChI is InChI=1S/C18H16N2O4/c21-17(15-11-1-2-12(7-11)16(15)18(22)23)20-13-5-3-10(4-6-13)14-8-19-9-24-14/h1-6,8-9,11-12,15-16H,7H2,(H,20,21)(H,22,23)/p-1/t11-,12+,15-,16+/m1/s1. The number of carboxylic acids is 1. The number of amides is 1. The highest BCUT2D eigenvalue weighted by Gasteiger charge is 2.48. The molecule has 6 nitrogen and oxygen atoms in total. The largest absolute Gasteiger partial charge is 0.550 e. The van der Waals surface area contributed by atoms with Crippen LogP contribution in [0.5, 0.6) is 0 Å². The van der Waals surface area contributed by atoms with Crippen molar-refractivity contribution in [1.82, 2.24) is 4.98 Å². The van der Waals surface area contributed by atoms with Crippen molar-refractivity contribution in [3.63, 3.8) is 0 Å². The molecule has 0 saturated heterocycles. The number of hydrogen-bond acceptors (Lipinski definition) is 5. The fourth-order valence-corrected chi connectivity index (χ4v) is 3.80. The first-order valence-corrected chi connectivity index (χ1v) is 7.82. The third-order valence-corrected chi connectivity index (χ3v) is 4.90. The lowest BCUT2D eigenvalue weighted by atomic mass is 9.82. The molecule has 122 valence electrons. The van der Waals surface area contributed by atoms with Crippen LogP contribution in [0.15, 0.2) is 53.4 Å². The maximum atomic E-state index is 12.6. The molecule has 0 aliphatic heterocycles. The minimum Gasteiger partial charge on any atom is -0.550 e. The van der Waals surface area contributed by atoms with E-state index in [1.807, 2.05) is 24.3 Å². The van der Waals surface area contributed by atoms with Gasteiger partial charge in [-0.25, -0.2) is 4.98 Å². The number of carbonyl (C=O) groups is 2. The van der Waals surface area contributed by atoms with Crippen molar-refractivity contribution in [2.45, 2.75) is 6.42 Å². The lowest BCUT2D eigenvalue weighted by Crippen LogP contribution is -2.42. The minimum atomic E-state index is -1.15. The Morgan fingerprint density at radius 3 is 2.46 bits per heavy atom. The molecule has 1 saturated carbocycles. The van der Waals surface area contributed by atoms with Gasteiger partial charge in [-0.2, -0.15) is 0 Å². The lowest BCUT2D eigenvalue weighted by Gasteiger charge is -2.27. The Balaban J connectivity index is 1.50. The first kappa shape index (κ1) is 14.7. The van der Waals surface area contributed by atoms with E-state index in [-0.39, 0.29) is 17.7 Å². The van der Waals surface area contributed by atoms with Crippen molar-refractivity contribution < 1.29 is 19.1 Å². The number of nitrogens with one attached hydrogen (secondary N) is 1. The zero-order valence-corrected chi connectivity index (χ0v) is 12.7. The van der Waals surface area contributed by atoms with E-state index >= 15 is 0 Å². The van der Waals surface area contributed by atoms with Gasteiger partial charge in [0.05, 0.1) is 12.1 Å². The Bertz CT molecular complexity index is 795. The zero-order chi connectivity index (χ0) is 16.7. The van der Waals surface area contributed by atoms with Gasteiger partial charge in [-0.15, -0.1) is 0 Å². The average Bonchev–Trinajstić information content (AvgIpc) is 3.31. The first-order valence-electron chi connectivity index (χ1n) is 7.82. The summed E-state index contributed by atoms with van der Waals surface area (Å²) < 4.78 is 5.22. The molecule has 24 heavy (non-hydrogen) atoms. The molecule has 1 aromatic carbocycles. The second kappa shape index (κ2) is 5.63. The topological polar surface area (TPSA) is 95.3 Å². The van der Waals surface area contributed by atoms with Crippen LogP contribution in [-0.2, 0) is 9.59 Å². The lowest BCUT2D eigenvalue weighted by molar-refractivity contribution is -0.313. The number of carboxylic acid groups (broad SMARTS) is 1. The summed E-state index contributed by atoms with van der Waals surface area (Å²) in [6.07, 6.45) is 7.51. The molecule has 1 N–H and O–H groups in total. The van der Waals surface area contributed by atoms with Gasteiger partial charge in [0, 0.05) is 23.1 Å². The molecule has 4 atom stereocenters. The summed E-state index contributed by atoms with van der Waals surface area (Å²) in [6, 6.07) is 7.14. The van der Waals surface area contributed by atoms with E-state index in [9.17, 15) is 14.7 Å². The van der Waals surface area contributed by atoms with E-state index in [1.165, 1.54) is 6.39 Å². The van der Waals surface area contributed by atoms with Gasteiger partial charge in [-0.3, -0.25) is 4.79 Å². The van der Waals surface area contributed by atoms with E-state index < -0.39 is 17.8 Å². The molecule has 6 heteroatoms. The molecular weight excluding hydrogens is 308 g/mol. The third kappa shape index (κ3) is 2.40. The van der Waals surface area contributed by atoms with Gasteiger partial charge in [0.25, 0.3) is 0 Å². The Kier molecular flexibility index (Phi) is 3.45. The number of aliphatic carboxylic acids is 1. The molecule has 1 amide bonds. The van der Waals surface area contributed by atoms with Crippen molar-refractivity contribution in [2.24, 2.45) is 23.7 Å². The van der Waals surface area contributed by atoms with Gasteiger partial charge in [0.1, 0.15) is 0 Å². The summed E-state index contributed by atoms with van der Waals surface area (Å²) in [4.78, 5) is 27.8. The molecular formula is C18H15N2O4-. The van der Waals surface area contributed by atoms with Crippen LogP contribution >= 0.6 is 0 Å². The number of carbonyl (C=O) groups excluding carboxylic acids is 2. The van der Waals surface area contributed by atoms with Crippen molar-refractivity contribution in [3.05, 3.63) is 49.0 Å². The Morgan fingerprint density at radius 1 is 1.12 bits per heavy atom. The summed E-state index contributed by atoms with van der Waals surface area (Å²) in [5.74, 6) is -2.20. The Labute approximate surface area is 138 Å². The summed E-state index contributed by atoms with van der Waals surface area (Å²) >= 11 is 0. The zero-order valence-electron chi connectivity index (χ0n) is 12.7. The van der Waals surface area contributed by atoms with Gasteiger partial charge >= 0.3 is 0 Å². The fraction of sp³-hybridized carbons (Fsp3) is 0.278. The number of allylic oxidation sites excluding steroid dienone is 2. The SMILES string of the molecule is O=C([O-])[C@@H]1[C@H](C(=O)Nc2ccc(-c3cnco3)cc2)[C@@H]2C=C[C@H]1C2. The molecule has 2 bridgehead atoms. The summed E-state index contributed by atoms with van der Waals surface area (Å²) in [6.45, 7) is 0. The number of anilines is 1. The van der Waals surface area contributed by atoms with Crippen molar-refractivity contribution in [2.75, 3.05) is 5.32 Å². The molecule has 0 unspecified atom stereocenters. The molecule has 1 heterocycles. The van der Waals surface area contributed by atoms with Crippen LogP contribution in [-0.4, -0.2) is 16.9 Å². The van der Waals surface area contributed by atoms with E-state index in [4.69, 9.17) is 4.42 Å². The average molecular weight is 323 g/mol. The van der Waals surface area contributed by atoms with Crippen LogP contribution < -0.4 is 10.4 Å². The van der Waals surface area contributed by atoms with Crippen LogP contribution in [0.25, 0.3) is 11.3 Å². The highest BCUT2D eigenvalue weighted by atomic mass is 16.4. The van der Waals surface area contributed by atoms with Crippen LogP contribution in [0.3, 0.4) is 0 Å². The minimum absolute atomic E-state index is 0.0219. The molecule has 2 aliphatic rings. The second-order valence-electron chi connectivity index (χ2n) is 6.25. The van der Waals surface area contributed by atoms with E-state index in [2.05, 4.69) is 10.3 Å². The summed E-state index contributed by atoms with van der Waals surface area (Å²) in [5, 5.41) is 14.2. The number of benzene rings is 1. The quantitative estimate of drug-likeness (QED) is 0.860. The predicted octanol–water partition coefficient (Wildman–Crippen LogP) is 1.47. The van der Waals surface area contributed by atoms with Gasteiger partial charge in [-0.1, -0.05) is 12.2 Å². The van der Waals surface area contributed by atoms with Gasteiger partial charge in [0.2, 0.25) is 5.91 Å². The Morgan fingerprint density at radius 2 is 1.83 bits per heavy atom. The maximum absolute atomic E-state index is 12.6. The molecule has 1 aromatic heterocycles. The van der Waals surface area contributed by atoms with Crippen LogP contribution in [0.4, 0.5) is 5.69 Å².